The van der Waals surface area contributed by atoms with E-state index in [-0.39, 0.29) is 11.9 Å². The van der Waals surface area contributed by atoms with Gasteiger partial charge in [-0.05, 0) is 37.1 Å². The van der Waals surface area contributed by atoms with E-state index in [2.05, 4.69) is 12.2 Å². The maximum Gasteiger partial charge on any atom is 0.244 e. The molecule has 1 saturated heterocycles. The number of nitrogens with one attached hydrogen (secondary N) is 2. The van der Waals surface area contributed by atoms with Gasteiger partial charge in [0.1, 0.15) is 0 Å². The number of methoxy groups -OCH3 is 1. The Bertz CT molecular complexity index is 626. The molecule has 0 aromatic heterocycles. The maximum absolute atomic E-state index is 12.2. The van der Waals surface area contributed by atoms with E-state index >= 15 is 0 Å². The first-order valence-corrected chi connectivity index (χ1v) is 9.77. The molecule has 1 aliphatic heterocycles. The summed E-state index contributed by atoms with van der Waals surface area (Å²) in [5.74, 6) is 1.02. The second-order valence-corrected chi connectivity index (χ2v) is 6.99. The lowest BCUT2D eigenvalue weighted by Gasteiger charge is -2.29. The molecule has 0 aliphatic carbocycles. The van der Waals surface area contributed by atoms with Crippen LogP contribution < -0.4 is 19.7 Å². The molecule has 1 aromatic carbocycles. The fourth-order valence-electron chi connectivity index (χ4n) is 3.32. The van der Waals surface area contributed by atoms with Crippen LogP contribution in [0.5, 0.6) is 11.5 Å². The van der Waals surface area contributed by atoms with Crippen LogP contribution >= 0.6 is 11.6 Å². The van der Waals surface area contributed by atoms with Crippen molar-refractivity contribution in [2.24, 2.45) is 0 Å². The molecule has 144 valence electrons. The molecular weight excluding hydrogens is 352 g/mol. The van der Waals surface area contributed by atoms with Crippen LogP contribution in [0.4, 0.5) is 0 Å². The van der Waals surface area contributed by atoms with Gasteiger partial charge in [-0.25, -0.2) is 0 Å². The summed E-state index contributed by atoms with van der Waals surface area (Å²) in [4.78, 5) is 13.9. The maximum atomic E-state index is 12.2. The third-order valence-corrected chi connectivity index (χ3v) is 4.89. The predicted octanol–water partition coefficient (Wildman–Crippen LogP) is 2.33. The monoisotopic (exact) mass is 381 g/mol. The first-order valence-electron chi connectivity index (χ1n) is 9.39. The zero-order valence-electron chi connectivity index (χ0n) is 15.9. The predicted molar refractivity (Wildman–Crippen MR) is 105 cm³/mol. The molecule has 0 saturated carbocycles. The van der Waals surface area contributed by atoms with Crippen LogP contribution in [0, 0.1) is 0 Å². The van der Waals surface area contributed by atoms with E-state index in [4.69, 9.17) is 21.1 Å². The number of carbonyl (C=O) groups is 1. The second kappa shape index (κ2) is 10.4. The molecule has 0 spiro atoms. The molecule has 1 amide bonds. The summed E-state index contributed by atoms with van der Waals surface area (Å²) >= 11 is 6.26. The topological polar surface area (TPSA) is 52.0 Å². The summed E-state index contributed by atoms with van der Waals surface area (Å²) in [6.45, 7) is 8.10. The van der Waals surface area contributed by atoms with Crippen molar-refractivity contribution in [3.05, 3.63) is 28.8 Å². The Morgan fingerprint density at radius 1 is 1.35 bits per heavy atom. The number of hydrogen-bond donors (Lipinski definition) is 2. The van der Waals surface area contributed by atoms with Gasteiger partial charge < -0.3 is 19.7 Å². The molecule has 1 heterocycles. The number of rotatable bonds is 8. The number of quaternary nitrogens is 1. The van der Waals surface area contributed by atoms with Gasteiger partial charge in [-0.3, -0.25) is 4.79 Å². The third kappa shape index (κ3) is 5.92. The fourth-order valence-corrected chi connectivity index (χ4v) is 3.59. The number of hydrogen-bond acceptors (Lipinski definition) is 3. The largest absolute Gasteiger partial charge is 0.493 e. The van der Waals surface area contributed by atoms with E-state index in [1.165, 1.54) is 13.0 Å². The highest BCUT2D eigenvalue weighted by Crippen LogP contribution is 2.36. The summed E-state index contributed by atoms with van der Waals surface area (Å²) in [6, 6.07) is 3.85. The van der Waals surface area contributed by atoms with Crippen molar-refractivity contribution in [3.63, 3.8) is 0 Å². The zero-order valence-corrected chi connectivity index (χ0v) is 16.7. The Labute approximate surface area is 161 Å². The summed E-state index contributed by atoms with van der Waals surface area (Å²) in [7, 11) is 1.57. The van der Waals surface area contributed by atoms with Crippen molar-refractivity contribution in [3.8, 4) is 11.5 Å². The Hall–Kier alpha value is -1.72. The number of benzene rings is 1. The normalized spacial score (nSPS) is 20.2. The van der Waals surface area contributed by atoms with Crippen molar-refractivity contribution in [1.29, 1.82) is 0 Å². The van der Waals surface area contributed by atoms with Crippen LogP contribution in [0.25, 0.3) is 6.08 Å². The molecule has 6 heteroatoms. The summed E-state index contributed by atoms with van der Waals surface area (Å²) in [6.07, 6.45) is 6.59. The van der Waals surface area contributed by atoms with Gasteiger partial charge in [0.25, 0.3) is 0 Å². The van der Waals surface area contributed by atoms with Crippen LogP contribution in [-0.4, -0.2) is 45.3 Å². The van der Waals surface area contributed by atoms with E-state index in [1.54, 1.807) is 30.2 Å². The minimum absolute atomic E-state index is 0.0714. The smallest absolute Gasteiger partial charge is 0.244 e. The van der Waals surface area contributed by atoms with E-state index in [0.29, 0.717) is 23.1 Å². The van der Waals surface area contributed by atoms with E-state index in [9.17, 15) is 4.79 Å². The highest BCUT2D eigenvalue weighted by molar-refractivity contribution is 6.32. The lowest BCUT2D eigenvalue weighted by molar-refractivity contribution is -0.905. The highest BCUT2D eigenvalue weighted by atomic mass is 35.5. The number of amides is 1. The van der Waals surface area contributed by atoms with Crippen LogP contribution in [-0.2, 0) is 4.79 Å². The van der Waals surface area contributed by atoms with Gasteiger partial charge >= 0.3 is 0 Å². The number of carbonyl (C=O) groups excluding carboxylic acids is 1. The number of ether oxygens (including phenoxy) is 2. The zero-order chi connectivity index (χ0) is 18.9. The Morgan fingerprint density at radius 3 is 2.69 bits per heavy atom. The minimum Gasteiger partial charge on any atom is -0.493 e. The van der Waals surface area contributed by atoms with Crippen molar-refractivity contribution in [1.82, 2.24) is 5.32 Å². The van der Waals surface area contributed by atoms with Gasteiger partial charge in [0.15, 0.2) is 11.5 Å². The average molecular weight is 382 g/mol. The molecule has 2 rings (SSSR count). The van der Waals surface area contributed by atoms with Crippen LogP contribution in [0.15, 0.2) is 18.2 Å². The second-order valence-electron chi connectivity index (χ2n) is 6.58. The van der Waals surface area contributed by atoms with Crippen molar-refractivity contribution in [2.75, 3.05) is 33.4 Å². The van der Waals surface area contributed by atoms with Crippen molar-refractivity contribution < 1.29 is 19.2 Å². The average Bonchev–Trinajstić information content (AvgIpc) is 2.63. The first-order chi connectivity index (χ1) is 12.6. The standard InChI is InChI=1S/C20H29ClN2O3/c1-4-10-23-11-8-16(9-12-23)22-19(24)7-6-15-13-17(21)20(26-5-2)18(14-15)25-3/h6-7,13-14,16H,4-5,8-12H2,1-3H3,(H,22,24)/p+1/b7-6+. The molecule has 2 N–H and O–H groups in total. The molecule has 0 atom stereocenters. The van der Waals surface area contributed by atoms with E-state index in [1.807, 2.05) is 13.0 Å². The molecule has 0 radical (unpaired) electrons. The number of piperidine rings is 1. The van der Waals surface area contributed by atoms with Crippen molar-refractivity contribution in [2.45, 2.75) is 39.2 Å². The Morgan fingerprint density at radius 2 is 2.08 bits per heavy atom. The molecule has 0 bridgehead atoms. The first kappa shape index (κ1) is 20.6. The van der Waals surface area contributed by atoms with Gasteiger partial charge in [0.2, 0.25) is 5.91 Å². The molecule has 0 unspecified atom stereocenters. The fraction of sp³-hybridized carbons (Fsp3) is 0.550. The SMILES string of the molecule is CCC[NH+]1CCC(NC(=O)/C=C/c2cc(Cl)c(OCC)c(OC)c2)CC1. The summed E-state index contributed by atoms with van der Waals surface area (Å²) < 4.78 is 10.8. The van der Waals surface area contributed by atoms with Gasteiger partial charge in [0.05, 0.1) is 38.4 Å². The number of likely N-dealkylation sites (tertiary alicyclic amines) is 1. The minimum atomic E-state index is -0.0714. The van der Waals surface area contributed by atoms with Crippen LogP contribution in [0.2, 0.25) is 5.02 Å². The molecule has 1 aromatic rings. The quantitative estimate of drug-likeness (QED) is 0.679. The molecule has 26 heavy (non-hydrogen) atoms. The lowest BCUT2D eigenvalue weighted by atomic mass is 10.0. The van der Waals surface area contributed by atoms with Gasteiger partial charge in [-0.2, -0.15) is 0 Å². The summed E-state index contributed by atoms with van der Waals surface area (Å²) in [5, 5.41) is 3.57. The van der Waals surface area contributed by atoms with E-state index < -0.39 is 0 Å². The summed E-state index contributed by atoms with van der Waals surface area (Å²) in [5.41, 5.74) is 0.799. The van der Waals surface area contributed by atoms with Gasteiger partial charge in [-0.15, -0.1) is 0 Å². The van der Waals surface area contributed by atoms with Gasteiger partial charge in [-0.1, -0.05) is 18.5 Å². The Kier molecular flexibility index (Phi) is 8.26. The Balaban J connectivity index is 1.93. The highest BCUT2D eigenvalue weighted by Gasteiger charge is 2.22. The molecule has 1 fully saturated rings. The van der Waals surface area contributed by atoms with Crippen LogP contribution in [0.3, 0.4) is 0 Å². The molecular formula is C20H30ClN2O3+. The lowest BCUT2D eigenvalue weighted by Crippen LogP contribution is -3.13. The van der Waals surface area contributed by atoms with E-state index in [0.717, 1.165) is 31.5 Å². The molecule has 1 aliphatic rings. The molecule has 5 nitrogen and oxygen atoms in total. The number of halogens is 1. The third-order valence-electron chi connectivity index (χ3n) is 4.61. The van der Waals surface area contributed by atoms with Crippen molar-refractivity contribution >= 4 is 23.6 Å². The van der Waals surface area contributed by atoms with Crippen LogP contribution in [0.1, 0.15) is 38.7 Å². The van der Waals surface area contributed by atoms with Gasteiger partial charge in [0, 0.05) is 25.0 Å².